The van der Waals surface area contributed by atoms with Gasteiger partial charge >= 0.3 is 0 Å². The van der Waals surface area contributed by atoms with Crippen LogP contribution in [0.4, 0.5) is 0 Å². The summed E-state index contributed by atoms with van der Waals surface area (Å²) in [6.45, 7) is 3.69. The summed E-state index contributed by atoms with van der Waals surface area (Å²) in [5.41, 5.74) is 8.09. The van der Waals surface area contributed by atoms with Crippen molar-refractivity contribution >= 4 is 15.9 Å². The minimum absolute atomic E-state index is 0.0523. The van der Waals surface area contributed by atoms with Crippen LogP contribution < -0.4 is 15.2 Å². The largest absolute Gasteiger partial charge is 0.490 e. The van der Waals surface area contributed by atoms with Gasteiger partial charge in [-0.15, -0.1) is 0 Å². The van der Waals surface area contributed by atoms with Crippen LogP contribution in [0.5, 0.6) is 11.5 Å². The lowest BCUT2D eigenvalue weighted by molar-refractivity contribution is 0.221. The van der Waals surface area contributed by atoms with Crippen molar-refractivity contribution in [3.8, 4) is 11.5 Å². The average Bonchev–Trinajstić information content (AvgIpc) is 2.87. The topological polar surface area (TPSA) is 44.5 Å². The van der Waals surface area contributed by atoms with Crippen molar-refractivity contribution in [3.63, 3.8) is 0 Å². The van der Waals surface area contributed by atoms with Crippen LogP contribution in [0.25, 0.3) is 0 Å². The Hall–Kier alpha value is -0.740. The summed E-state index contributed by atoms with van der Waals surface area (Å²) in [4.78, 5) is 0. The van der Waals surface area contributed by atoms with Gasteiger partial charge in [-0.3, -0.25) is 0 Å². The summed E-state index contributed by atoms with van der Waals surface area (Å²) in [6, 6.07) is 4.16. The van der Waals surface area contributed by atoms with Crippen LogP contribution >= 0.6 is 15.9 Å². The van der Waals surface area contributed by atoms with Crippen molar-refractivity contribution in [2.45, 2.75) is 51.5 Å². The number of hydrogen-bond donors (Lipinski definition) is 1. The Balaban J connectivity index is 1.96. The molecule has 0 saturated heterocycles. The zero-order valence-electron chi connectivity index (χ0n) is 12.7. The molecule has 1 aromatic carbocycles. The lowest BCUT2D eigenvalue weighted by atomic mass is 9.74. The van der Waals surface area contributed by atoms with E-state index in [1.165, 1.54) is 25.7 Å². The minimum Gasteiger partial charge on any atom is -0.490 e. The normalized spacial score (nSPS) is 21.9. The zero-order chi connectivity index (χ0) is 14.9. The first-order valence-electron chi connectivity index (χ1n) is 8.01. The molecule has 116 valence electrons. The highest BCUT2D eigenvalue weighted by molar-refractivity contribution is 9.10. The Morgan fingerprint density at radius 2 is 1.76 bits per heavy atom. The molecule has 0 amide bonds. The fourth-order valence-electron chi connectivity index (χ4n) is 3.73. The Kier molecular flexibility index (Phi) is 4.46. The third kappa shape index (κ3) is 2.80. The maximum Gasteiger partial charge on any atom is 0.162 e. The Morgan fingerprint density at radius 3 is 2.38 bits per heavy atom. The molecule has 1 fully saturated rings. The standard InChI is InChI=1S/C17H24BrNO2/c1-2-17(6-3-4-7-17)16(19)12-10-14-15(11-13(12)18)21-9-5-8-20-14/h10-11,16H,2-9,19H2,1H3. The maximum absolute atomic E-state index is 6.69. The highest BCUT2D eigenvalue weighted by Gasteiger charge is 2.39. The van der Waals surface area contributed by atoms with Crippen molar-refractivity contribution in [2.75, 3.05) is 13.2 Å². The predicted molar refractivity (Wildman–Crippen MR) is 87.9 cm³/mol. The van der Waals surface area contributed by atoms with Gasteiger partial charge in [-0.2, -0.15) is 0 Å². The van der Waals surface area contributed by atoms with Crippen LogP contribution in [0.2, 0.25) is 0 Å². The van der Waals surface area contributed by atoms with Crippen LogP contribution in [-0.4, -0.2) is 13.2 Å². The third-order valence-electron chi connectivity index (χ3n) is 5.17. The molecule has 1 aliphatic carbocycles. The molecule has 1 aliphatic heterocycles. The Bertz CT molecular complexity index is 512. The first-order valence-corrected chi connectivity index (χ1v) is 8.80. The smallest absolute Gasteiger partial charge is 0.162 e. The Morgan fingerprint density at radius 1 is 1.14 bits per heavy atom. The molecule has 0 bridgehead atoms. The summed E-state index contributed by atoms with van der Waals surface area (Å²) >= 11 is 3.69. The van der Waals surface area contributed by atoms with E-state index in [0.717, 1.165) is 34.4 Å². The van der Waals surface area contributed by atoms with Crippen molar-refractivity contribution < 1.29 is 9.47 Å². The molecule has 0 spiro atoms. The lowest BCUT2D eigenvalue weighted by Crippen LogP contribution is -2.32. The fourth-order valence-corrected chi connectivity index (χ4v) is 4.30. The van der Waals surface area contributed by atoms with Crippen LogP contribution in [-0.2, 0) is 0 Å². The quantitative estimate of drug-likeness (QED) is 0.864. The van der Waals surface area contributed by atoms with E-state index in [9.17, 15) is 0 Å². The zero-order valence-corrected chi connectivity index (χ0v) is 14.2. The lowest BCUT2D eigenvalue weighted by Gasteiger charge is -2.35. The Labute approximate surface area is 135 Å². The van der Waals surface area contributed by atoms with Crippen LogP contribution in [0.3, 0.4) is 0 Å². The molecule has 1 saturated carbocycles. The van der Waals surface area contributed by atoms with Gasteiger partial charge in [-0.05, 0) is 42.4 Å². The van der Waals surface area contributed by atoms with Gasteiger partial charge in [0.2, 0.25) is 0 Å². The van der Waals surface area contributed by atoms with Crippen LogP contribution in [0.15, 0.2) is 16.6 Å². The number of rotatable bonds is 3. The molecule has 21 heavy (non-hydrogen) atoms. The molecule has 4 heteroatoms. The number of halogens is 1. The van der Waals surface area contributed by atoms with E-state index in [1.807, 2.05) is 6.07 Å². The van der Waals surface area contributed by atoms with E-state index in [1.54, 1.807) is 0 Å². The van der Waals surface area contributed by atoms with Crippen LogP contribution in [0, 0.1) is 5.41 Å². The number of hydrogen-bond acceptors (Lipinski definition) is 3. The van der Waals surface area contributed by atoms with Crippen molar-refractivity contribution in [2.24, 2.45) is 11.1 Å². The molecule has 3 rings (SSSR count). The maximum atomic E-state index is 6.69. The minimum atomic E-state index is 0.0523. The summed E-state index contributed by atoms with van der Waals surface area (Å²) in [6.07, 6.45) is 7.10. The summed E-state index contributed by atoms with van der Waals surface area (Å²) < 4.78 is 12.6. The van der Waals surface area contributed by atoms with E-state index in [0.29, 0.717) is 13.2 Å². The third-order valence-corrected chi connectivity index (χ3v) is 5.85. The molecule has 3 nitrogen and oxygen atoms in total. The van der Waals surface area contributed by atoms with E-state index in [4.69, 9.17) is 15.2 Å². The molecule has 1 unspecified atom stereocenters. The summed E-state index contributed by atoms with van der Waals surface area (Å²) in [5, 5.41) is 0. The fraction of sp³-hybridized carbons (Fsp3) is 0.647. The molecular formula is C17H24BrNO2. The molecule has 2 N–H and O–H groups in total. The van der Waals surface area contributed by atoms with Gasteiger partial charge in [-0.1, -0.05) is 35.7 Å². The number of fused-ring (bicyclic) bond motifs is 1. The molecule has 1 heterocycles. The number of benzene rings is 1. The van der Waals surface area contributed by atoms with Gasteiger partial charge in [0, 0.05) is 16.9 Å². The van der Waals surface area contributed by atoms with E-state index in [2.05, 4.69) is 28.9 Å². The monoisotopic (exact) mass is 353 g/mol. The second-order valence-electron chi connectivity index (χ2n) is 6.27. The molecular weight excluding hydrogens is 330 g/mol. The molecule has 1 atom stereocenters. The van der Waals surface area contributed by atoms with E-state index in [-0.39, 0.29) is 11.5 Å². The number of nitrogens with two attached hydrogens (primary N) is 1. The highest BCUT2D eigenvalue weighted by Crippen LogP contribution is 2.51. The van der Waals surface area contributed by atoms with Crippen LogP contribution in [0.1, 0.15) is 57.1 Å². The predicted octanol–water partition coefficient (Wildman–Crippen LogP) is 4.58. The molecule has 0 radical (unpaired) electrons. The van der Waals surface area contributed by atoms with Crippen molar-refractivity contribution in [3.05, 3.63) is 22.2 Å². The van der Waals surface area contributed by atoms with Gasteiger partial charge in [0.05, 0.1) is 13.2 Å². The van der Waals surface area contributed by atoms with Gasteiger partial charge in [0.1, 0.15) is 0 Å². The van der Waals surface area contributed by atoms with Gasteiger partial charge in [0.25, 0.3) is 0 Å². The average molecular weight is 354 g/mol. The van der Waals surface area contributed by atoms with Crippen molar-refractivity contribution in [1.29, 1.82) is 0 Å². The summed E-state index contributed by atoms with van der Waals surface area (Å²) in [7, 11) is 0. The SMILES string of the molecule is CCC1(C(N)c2cc3c(cc2Br)OCCCO3)CCCC1. The first-order chi connectivity index (χ1) is 10.2. The first kappa shape index (κ1) is 15.2. The second-order valence-corrected chi connectivity index (χ2v) is 7.13. The van der Waals surface area contributed by atoms with E-state index >= 15 is 0 Å². The summed E-state index contributed by atoms with van der Waals surface area (Å²) in [5.74, 6) is 1.66. The molecule has 2 aliphatic rings. The van der Waals surface area contributed by atoms with Gasteiger partial charge in [-0.25, -0.2) is 0 Å². The number of ether oxygens (including phenoxy) is 2. The molecule has 0 aromatic heterocycles. The van der Waals surface area contributed by atoms with E-state index < -0.39 is 0 Å². The van der Waals surface area contributed by atoms with Gasteiger partial charge < -0.3 is 15.2 Å². The second kappa shape index (κ2) is 6.17. The molecule has 1 aromatic rings. The van der Waals surface area contributed by atoms with Crippen molar-refractivity contribution in [1.82, 2.24) is 0 Å². The highest BCUT2D eigenvalue weighted by atomic mass is 79.9. The van der Waals surface area contributed by atoms with Gasteiger partial charge in [0.15, 0.2) is 11.5 Å².